The zero-order chi connectivity index (χ0) is 12.4. The number of hydrogen-bond acceptors (Lipinski definition) is 4. The summed E-state index contributed by atoms with van der Waals surface area (Å²) in [6.45, 7) is 4.75. The smallest absolute Gasteiger partial charge is 0.171 e. The zero-order valence-corrected chi connectivity index (χ0v) is 10.9. The molecule has 3 nitrogen and oxygen atoms in total. The molecule has 1 aliphatic heterocycles. The van der Waals surface area contributed by atoms with Gasteiger partial charge in [0, 0.05) is 35.3 Å². The summed E-state index contributed by atoms with van der Waals surface area (Å²) >= 11 is 1.90. The summed E-state index contributed by atoms with van der Waals surface area (Å²) in [5, 5.41) is 9.53. The van der Waals surface area contributed by atoms with Crippen molar-refractivity contribution >= 4 is 17.6 Å². The molecule has 94 valence electrons. The average Bonchev–Trinajstić information content (AvgIpc) is 2.33. The minimum atomic E-state index is -0.388. The molecule has 1 aromatic rings. The minimum absolute atomic E-state index is 0.254. The van der Waals surface area contributed by atoms with Gasteiger partial charge in [0.25, 0.3) is 0 Å². The molecule has 1 aromatic heterocycles. The SMILES string of the molecule is CC1SCCN(c2nccc(CO)c2F)C1C. The van der Waals surface area contributed by atoms with Crippen molar-refractivity contribution < 1.29 is 9.50 Å². The van der Waals surface area contributed by atoms with E-state index in [1.165, 1.54) is 6.07 Å². The highest BCUT2D eigenvalue weighted by Gasteiger charge is 2.28. The number of anilines is 1. The van der Waals surface area contributed by atoms with E-state index in [-0.39, 0.29) is 18.5 Å². The molecule has 1 aliphatic rings. The van der Waals surface area contributed by atoms with Gasteiger partial charge in [-0.2, -0.15) is 11.8 Å². The third-order valence-corrected chi connectivity index (χ3v) is 4.62. The molecule has 1 fully saturated rings. The Bertz CT molecular complexity index is 402. The van der Waals surface area contributed by atoms with Crippen LogP contribution in [0, 0.1) is 5.82 Å². The quantitative estimate of drug-likeness (QED) is 0.878. The maximum atomic E-state index is 14.1. The predicted molar refractivity (Wildman–Crippen MR) is 68.8 cm³/mol. The number of nitrogens with zero attached hydrogens (tertiary/aromatic N) is 2. The highest BCUT2D eigenvalue weighted by Crippen LogP contribution is 2.30. The topological polar surface area (TPSA) is 36.4 Å². The summed E-state index contributed by atoms with van der Waals surface area (Å²) in [5.41, 5.74) is 0.313. The van der Waals surface area contributed by atoms with E-state index in [0.717, 1.165) is 12.3 Å². The molecular weight excluding hydrogens is 239 g/mol. The van der Waals surface area contributed by atoms with Crippen molar-refractivity contribution in [3.05, 3.63) is 23.6 Å². The summed E-state index contributed by atoms with van der Waals surface area (Å²) in [6.07, 6.45) is 1.56. The molecule has 0 saturated carbocycles. The van der Waals surface area contributed by atoms with E-state index in [2.05, 4.69) is 18.8 Å². The fourth-order valence-electron chi connectivity index (χ4n) is 2.03. The Kier molecular flexibility index (Phi) is 3.89. The second-order valence-corrected chi connectivity index (χ2v) is 5.76. The van der Waals surface area contributed by atoms with Crippen LogP contribution in [-0.2, 0) is 6.61 Å². The summed E-state index contributed by atoms with van der Waals surface area (Å²) in [5.74, 6) is 0.966. The Balaban J connectivity index is 2.33. The van der Waals surface area contributed by atoms with Crippen LogP contribution in [0.1, 0.15) is 19.4 Å². The summed E-state index contributed by atoms with van der Waals surface area (Å²) in [6, 6.07) is 1.77. The van der Waals surface area contributed by atoms with Gasteiger partial charge >= 0.3 is 0 Å². The molecule has 0 radical (unpaired) electrons. The first-order valence-electron chi connectivity index (χ1n) is 5.77. The second-order valence-electron chi connectivity index (χ2n) is 4.28. The number of aliphatic hydroxyl groups is 1. The molecular formula is C12H17FN2OS. The van der Waals surface area contributed by atoms with E-state index in [1.54, 1.807) is 6.20 Å². The molecule has 2 heterocycles. The van der Waals surface area contributed by atoms with Crippen molar-refractivity contribution in [3.8, 4) is 0 Å². The van der Waals surface area contributed by atoms with Crippen LogP contribution in [0.3, 0.4) is 0 Å². The molecule has 5 heteroatoms. The van der Waals surface area contributed by atoms with Crippen LogP contribution < -0.4 is 4.90 Å². The fraction of sp³-hybridized carbons (Fsp3) is 0.583. The first-order chi connectivity index (χ1) is 8.15. The molecule has 1 saturated heterocycles. The number of aliphatic hydroxyl groups excluding tert-OH is 1. The first-order valence-corrected chi connectivity index (χ1v) is 6.82. The maximum absolute atomic E-state index is 14.1. The monoisotopic (exact) mass is 256 g/mol. The van der Waals surface area contributed by atoms with Crippen molar-refractivity contribution in [2.75, 3.05) is 17.2 Å². The van der Waals surface area contributed by atoms with Gasteiger partial charge in [-0.3, -0.25) is 0 Å². The predicted octanol–water partition coefficient (Wildman–Crippen LogP) is 2.04. The first kappa shape index (κ1) is 12.6. The molecule has 0 spiro atoms. The van der Waals surface area contributed by atoms with Crippen LogP contribution in [0.5, 0.6) is 0 Å². The van der Waals surface area contributed by atoms with Crippen LogP contribution in [0.4, 0.5) is 10.2 Å². The summed E-state index contributed by atoms with van der Waals surface area (Å²) in [4.78, 5) is 6.12. The Morgan fingerprint density at radius 3 is 3.06 bits per heavy atom. The number of thioether (sulfide) groups is 1. The van der Waals surface area contributed by atoms with E-state index < -0.39 is 0 Å². The Labute approximate surface area is 105 Å². The zero-order valence-electron chi connectivity index (χ0n) is 10.1. The molecule has 0 amide bonds. The molecule has 2 rings (SSSR count). The number of rotatable bonds is 2. The van der Waals surface area contributed by atoms with Gasteiger partial charge in [-0.1, -0.05) is 6.92 Å². The van der Waals surface area contributed by atoms with Crippen molar-refractivity contribution in [3.63, 3.8) is 0 Å². The van der Waals surface area contributed by atoms with Crippen LogP contribution >= 0.6 is 11.8 Å². The van der Waals surface area contributed by atoms with Gasteiger partial charge in [0.1, 0.15) is 0 Å². The van der Waals surface area contributed by atoms with Crippen LogP contribution in [0.2, 0.25) is 0 Å². The Morgan fingerprint density at radius 2 is 2.35 bits per heavy atom. The van der Waals surface area contributed by atoms with Crippen LogP contribution in [0.25, 0.3) is 0 Å². The van der Waals surface area contributed by atoms with E-state index in [4.69, 9.17) is 5.11 Å². The lowest BCUT2D eigenvalue weighted by molar-refractivity contribution is 0.275. The molecule has 2 atom stereocenters. The van der Waals surface area contributed by atoms with E-state index in [9.17, 15) is 4.39 Å². The number of halogens is 1. The number of pyridine rings is 1. The lowest BCUT2D eigenvalue weighted by atomic mass is 10.2. The number of hydrogen-bond donors (Lipinski definition) is 1. The molecule has 0 bridgehead atoms. The average molecular weight is 256 g/mol. The van der Waals surface area contributed by atoms with E-state index >= 15 is 0 Å². The highest BCUT2D eigenvalue weighted by molar-refractivity contribution is 8.00. The Morgan fingerprint density at radius 1 is 1.59 bits per heavy atom. The van der Waals surface area contributed by atoms with Crippen molar-refractivity contribution in [2.24, 2.45) is 0 Å². The van der Waals surface area contributed by atoms with Crippen LogP contribution in [-0.4, -0.2) is 33.7 Å². The van der Waals surface area contributed by atoms with E-state index in [1.807, 2.05) is 16.7 Å². The van der Waals surface area contributed by atoms with Gasteiger partial charge in [0.05, 0.1) is 6.61 Å². The molecule has 1 N–H and O–H groups in total. The molecule has 2 unspecified atom stereocenters. The van der Waals surface area contributed by atoms with Gasteiger partial charge in [0.15, 0.2) is 11.6 Å². The highest BCUT2D eigenvalue weighted by atomic mass is 32.2. The molecule has 0 aliphatic carbocycles. The summed E-state index contributed by atoms with van der Waals surface area (Å²) in [7, 11) is 0. The normalized spacial score (nSPS) is 25.1. The van der Waals surface area contributed by atoms with Gasteiger partial charge < -0.3 is 10.0 Å². The van der Waals surface area contributed by atoms with Gasteiger partial charge in [-0.25, -0.2) is 9.37 Å². The van der Waals surface area contributed by atoms with Crippen molar-refractivity contribution in [1.29, 1.82) is 0 Å². The van der Waals surface area contributed by atoms with Crippen molar-refractivity contribution in [1.82, 2.24) is 4.98 Å². The lowest BCUT2D eigenvalue weighted by Crippen LogP contribution is -2.45. The summed E-state index contributed by atoms with van der Waals surface area (Å²) < 4.78 is 14.1. The second kappa shape index (κ2) is 5.23. The third kappa shape index (κ3) is 2.40. The lowest BCUT2D eigenvalue weighted by Gasteiger charge is -2.38. The van der Waals surface area contributed by atoms with Gasteiger partial charge in [-0.15, -0.1) is 0 Å². The van der Waals surface area contributed by atoms with Gasteiger partial charge in [0.2, 0.25) is 0 Å². The van der Waals surface area contributed by atoms with Crippen LogP contribution in [0.15, 0.2) is 12.3 Å². The molecule has 17 heavy (non-hydrogen) atoms. The fourth-order valence-corrected chi connectivity index (χ4v) is 3.13. The maximum Gasteiger partial charge on any atom is 0.171 e. The standard InChI is InChI=1S/C12H17FN2OS/c1-8-9(2)17-6-5-15(8)12-11(13)10(7-16)3-4-14-12/h3-4,8-9,16H,5-7H2,1-2H3. The van der Waals surface area contributed by atoms with Crippen molar-refractivity contribution in [2.45, 2.75) is 31.7 Å². The largest absolute Gasteiger partial charge is 0.392 e. The van der Waals surface area contributed by atoms with Gasteiger partial charge in [-0.05, 0) is 13.0 Å². The minimum Gasteiger partial charge on any atom is -0.392 e. The number of aromatic nitrogens is 1. The molecule has 0 aromatic carbocycles. The Hall–Kier alpha value is -0.810. The van der Waals surface area contributed by atoms with E-state index in [0.29, 0.717) is 16.6 Å². The third-order valence-electron chi connectivity index (χ3n) is 3.28.